The van der Waals surface area contributed by atoms with E-state index in [1.54, 1.807) is 5.41 Å². The summed E-state index contributed by atoms with van der Waals surface area (Å²) >= 11 is 1.40. The van der Waals surface area contributed by atoms with Gasteiger partial charge in [0.25, 0.3) is 0 Å². The Hall–Kier alpha value is -0.840. The lowest BCUT2D eigenvalue weighted by molar-refractivity contribution is 0.129. The van der Waals surface area contributed by atoms with E-state index in [-0.39, 0.29) is 0 Å². The van der Waals surface area contributed by atoms with Crippen molar-refractivity contribution in [2.24, 2.45) is 0 Å². The topological polar surface area (TPSA) is 49.8 Å². The van der Waals surface area contributed by atoms with Crippen LogP contribution in [0, 0.1) is 0 Å². The van der Waals surface area contributed by atoms with Crippen LogP contribution in [0.5, 0.6) is 0 Å². The molecule has 0 unspecified atom stereocenters. The van der Waals surface area contributed by atoms with Gasteiger partial charge in [0.1, 0.15) is 0 Å². The molecule has 1 aliphatic heterocycles. The molecule has 0 aromatic heterocycles. The summed E-state index contributed by atoms with van der Waals surface area (Å²) in [5, 5.41) is 10.2. The number of thioether (sulfide) groups is 1. The van der Waals surface area contributed by atoms with Gasteiger partial charge >= 0.3 is 6.09 Å². The fourth-order valence-electron chi connectivity index (χ4n) is 0.618. The van der Waals surface area contributed by atoms with Crippen molar-refractivity contribution in [2.75, 3.05) is 13.0 Å². The summed E-state index contributed by atoms with van der Waals surface area (Å²) in [7, 11) is 1.45. The summed E-state index contributed by atoms with van der Waals surface area (Å²) < 4.78 is 4.77. The first-order chi connectivity index (χ1) is 4.75. The van der Waals surface area contributed by atoms with Crippen LogP contribution >= 0.6 is 11.8 Å². The Kier molecular flexibility index (Phi) is 2.06. The molecule has 0 bridgehead atoms. The number of hydrogen-bond donors (Lipinski definition) is 1. The minimum atomic E-state index is -0.974. The van der Waals surface area contributed by atoms with Crippen LogP contribution < -0.4 is 0 Å². The first-order valence-electron chi connectivity index (χ1n) is 2.62. The monoisotopic (exact) mass is 161 g/mol. The predicted octanol–water partition coefficient (Wildman–Crippen LogP) is 1.12. The van der Waals surface area contributed by atoms with Crippen LogP contribution in [0.1, 0.15) is 0 Å². The number of carboxylic acid groups (broad SMARTS) is 1. The van der Waals surface area contributed by atoms with Crippen molar-refractivity contribution < 1.29 is 14.6 Å². The van der Waals surface area contributed by atoms with E-state index < -0.39 is 6.09 Å². The molecule has 0 aromatic carbocycles. The molecule has 0 saturated heterocycles. The third-order valence-electron chi connectivity index (χ3n) is 1.09. The molecule has 10 heavy (non-hydrogen) atoms. The maximum absolute atomic E-state index is 10.4. The third-order valence-corrected chi connectivity index (χ3v) is 1.87. The van der Waals surface area contributed by atoms with E-state index in [1.807, 2.05) is 0 Å². The number of rotatable bonds is 1. The summed E-state index contributed by atoms with van der Waals surface area (Å²) in [5.41, 5.74) is 0. The molecule has 1 aliphatic rings. The summed E-state index contributed by atoms with van der Waals surface area (Å²) in [5.74, 6) is 0.830. The van der Waals surface area contributed by atoms with E-state index in [0.717, 1.165) is 4.90 Å². The lowest BCUT2D eigenvalue weighted by Gasteiger charge is -2.12. The van der Waals surface area contributed by atoms with Gasteiger partial charge in [0, 0.05) is 5.41 Å². The highest BCUT2D eigenvalue weighted by molar-refractivity contribution is 8.02. The fourth-order valence-corrected chi connectivity index (χ4v) is 1.45. The van der Waals surface area contributed by atoms with Crippen molar-refractivity contribution in [1.29, 1.82) is 0 Å². The summed E-state index contributed by atoms with van der Waals surface area (Å²) in [4.78, 5) is 11.5. The van der Waals surface area contributed by atoms with Crippen LogP contribution in [-0.2, 0) is 4.74 Å². The minimum absolute atomic E-state index is 0.400. The van der Waals surface area contributed by atoms with Gasteiger partial charge in [0.2, 0.25) is 5.88 Å². The van der Waals surface area contributed by atoms with Gasteiger partial charge < -0.3 is 9.84 Å². The van der Waals surface area contributed by atoms with Crippen LogP contribution in [0.15, 0.2) is 11.3 Å². The van der Waals surface area contributed by atoms with E-state index in [2.05, 4.69) is 0 Å². The molecule has 4 nitrogen and oxygen atoms in total. The molecule has 1 rings (SSSR count). The highest BCUT2D eigenvalue weighted by atomic mass is 32.2. The zero-order valence-corrected chi connectivity index (χ0v) is 6.22. The van der Waals surface area contributed by atoms with Crippen molar-refractivity contribution in [3.63, 3.8) is 0 Å². The van der Waals surface area contributed by atoms with Gasteiger partial charge in [-0.15, -0.1) is 11.8 Å². The molecule has 5 heteroatoms. The first kappa shape index (κ1) is 7.27. The molecule has 1 N–H and O–H groups in total. The Bertz CT molecular complexity index is 180. The van der Waals surface area contributed by atoms with Crippen LogP contribution in [0.4, 0.5) is 4.79 Å². The molecule has 0 atom stereocenters. The summed E-state index contributed by atoms with van der Waals surface area (Å²) in [6.07, 6.45) is -0.974. The lowest BCUT2D eigenvalue weighted by Crippen LogP contribution is -2.25. The SMILES string of the molecule is COC1=CSCN1C(=O)O. The number of methoxy groups -OCH3 is 1. The normalized spacial score (nSPS) is 16.9. The van der Waals surface area contributed by atoms with Gasteiger partial charge in [-0.2, -0.15) is 0 Å². The van der Waals surface area contributed by atoms with Gasteiger partial charge in [0.05, 0.1) is 13.0 Å². The molecule has 1 amide bonds. The van der Waals surface area contributed by atoms with Crippen LogP contribution in [0.25, 0.3) is 0 Å². The molecular weight excluding hydrogens is 154 g/mol. The van der Waals surface area contributed by atoms with E-state index in [4.69, 9.17) is 9.84 Å². The quantitative estimate of drug-likeness (QED) is 0.626. The smallest absolute Gasteiger partial charge is 0.414 e. The van der Waals surface area contributed by atoms with Gasteiger partial charge in [-0.1, -0.05) is 0 Å². The number of amides is 1. The highest BCUT2D eigenvalue weighted by Gasteiger charge is 2.21. The van der Waals surface area contributed by atoms with Crippen LogP contribution in [0.3, 0.4) is 0 Å². The molecule has 0 spiro atoms. The molecular formula is C5H7NO3S. The van der Waals surface area contributed by atoms with Crippen molar-refractivity contribution >= 4 is 17.9 Å². The predicted molar refractivity (Wildman–Crippen MR) is 37.4 cm³/mol. The van der Waals surface area contributed by atoms with Crippen molar-refractivity contribution in [3.8, 4) is 0 Å². The van der Waals surface area contributed by atoms with Crippen LogP contribution in [-0.4, -0.2) is 29.1 Å². The second-order valence-corrected chi connectivity index (χ2v) is 2.49. The van der Waals surface area contributed by atoms with E-state index >= 15 is 0 Å². The zero-order chi connectivity index (χ0) is 7.56. The molecule has 1 heterocycles. The average Bonchev–Trinajstić information content (AvgIpc) is 2.33. The van der Waals surface area contributed by atoms with E-state index in [0.29, 0.717) is 11.8 Å². The first-order valence-corrected chi connectivity index (χ1v) is 3.67. The Balaban J connectivity index is 2.63. The molecule has 0 saturated carbocycles. The highest BCUT2D eigenvalue weighted by Crippen LogP contribution is 2.22. The van der Waals surface area contributed by atoms with Gasteiger partial charge in [-0.3, -0.25) is 0 Å². The van der Waals surface area contributed by atoms with Crippen molar-refractivity contribution in [2.45, 2.75) is 0 Å². The van der Waals surface area contributed by atoms with Gasteiger partial charge in [0.15, 0.2) is 0 Å². The fraction of sp³-hybridized carbons (Fsp3) is 0.400. The van der Waals surface area contributed by atoms with E-state index in [1.165, 1.54) is 18.9 Å². The number of nitrogens with zero attached hydrogens (tertiary/aromatic N) is 1. The standard InChI is InChI=1S/C5H7NO3S/c1-9-4-2-10-3-6(4)5(7)8/h2H,3H2,1H3,(H,7,8). The molecule has 0 fully saturated rings. The maximum Gasteiger partial charge on any atom is 0.414 e. The maximum atomic E-state index is 10.4. The Morgan fingerprint density at radius 1 is 2.00 bits per heavy atom. The number of hydrogen-bond acceptors (Lipinski definition) is 3. The number of carbonyl (C=O) groups is 1. The molecule has 0 aromatic rings. The molecule has 0 radical (unpaired) electrons. The van der Waals surface area contributed by atoms with Crippen molar-refractivity contribution in [3.05, 3.63) is 11.3 Å². The average molecular weight is 161 g/mol. The van der Waals surface area contributed by atoms with E-state index in [9.17, 15) is 4.79 Å². The molecule has 0 aliphatic carbocycles. The van der Waals surface area contributed by atoms with Crippen molar-refractivity contribution in [1.82, 2.24) is 4.90 Å². The second kappa shape index (κ2) is 2.83. The van der Waals surface area contributed by atoms with Crippen LogP contribution in [0.2, 0.25) is 0 Å². The Morgan fingerprint density at radius 3 is 3.10 bits per heavy atom. The Labute approximate surface area is 62.5 Å². The van der Waals surface area contributed by atoms with Gasteiger partial charge in [-0.05, 0) is 0 Å². The van der Waals surface area contributed by atoms with Gasteiger partial charge in [-0.25, -0.2) is 9.69 Å². The zero-order valence-electron chi connectivity index (χ0n) is 5.40. The largest absolute Gasteiger partial charge is 0.482 e. The second-order valence-electron chi connectivity index (χ2n) is 1.67. The summed E-state index contributed by atoms with van der Waals surface area (Å²) in [6.45, 7) is 0. The summed E-state index contributed by atoms with van der Waals surface area (Å²) in [6, 6.07) is 0. The lowest BCUT2D eigenvalue weighted by atomic mass is 10.7. The Morgan fingerprint density at radius 2 is 2.70 bits per heavy atom. The number of ether oxygens (including phenoxy) is 1. The molecule has 56 valence electrons. The third kappa shape index (κ3) is 1.18. The minimum Gasteiger partial charge on any atom is -0.482 e.